The number of anilines is 1. The van der Waals surface area contributed by atoms with Crippen molar-refractivity contribution in [3.8, 4) is 0 Å². The first-order chi connectivity index (χ1) is 10.2. The number of nitrogens with zero attached hydrogens (tertiary/aromatic N) is 1. The predicted molar refractivity (Wildman–Crippen MR) is 88.0 cm³/mol. The van der Waals surface area contributed by atoms with Gasteiger partial charge < -0.3 is 4.90 Å². The van der Waals surface area contributed by atoms with Crippen molar-refractivity contribution in [2.45, 2.75) is 58.3 Å². The van der Waals surface area contributed by atoms with Gasteiger partial charge in [0.1, 0.15) is 0 Å². The van der Waals surface area contributed by atoms with Gasteiger partial charge >= 0.3 is 0 Å². The third kappa shape index (κ3) is 3.14. The first-order valence-corrected chi connectivity index (χ1v) is 8.61. The van der Waals surface area contributed by atoms with E-state index in [4.69, 9.17) is 0 Å². The maximum Gasteiger partial charge on any atom is 0.162 e. The molecule has 0 N–H and O–H groups in total. The van der Waals surface area contributed by atoms with E-state index >= 15 is 0 Å². The molecule has 2 heteroatoms. The van der Waals surface area contributed by atoms with Gasteiger partial charge in [-0.15, -0.1) is 0 Å². The minimum Gasteiger partial charge on any atom is -0.371 e. The summed E-state index contributed by atoms with van der Waals surface area (Å²) in [5.41, 5.74) is 2.79. The van der Waals surface area contributed by atoms with Gasteiger partial charge in [-0.25, -0.2) is 0 Å². The third-order valence-electron chi connectivity index (χ3n) is 5.61. The molecule has 1 aliphatic heterocycles. The lowest BCUT2D eigenvalue weighted by atomic mass is 9.68. The van der Waals surface area contributed by atoms with E-state index in [1.165, 1.54) is 63.7 Å². The summed E-state index contributed by atoms with van der Waals surface area (Å²) in [6.07, 6.45) is 10.5. The van der Waals surface area contributed by atoms with Crippen LogP contribution in [0.3, 0.4) is 0 Å². The molecule has 0 unspecified atom stereocenters. The molecule has 0 radical (unpaired) electrons. The van der Waals surface area contributed by atoms with E-state index in [1.54, 1.807) is 0 Å². The number of carbonyl (C=O) groups is 1. The van der Waals surface area contributed by atoms with Crippen molar-refractivity contribution >= 4 is 11.5 Å². The first kappa shape index (κ1) is 14.6. The minimum atomic E-state index is 0.237. The van der Waals surface area contributed by atoms with Crippen LogP contribution in [0.15, 0.2) is 24.3 Å². The van der Waals surface area contributed by atoms with Crippen LogP contribution < -0.4 is 4.90 Å². The first-order valence-electron chi connectivity index (χ1n) is 8.61. The number of rotatable bonds is 3. The van der Waals surface area contributed by atoms with Crippen molar-refractivity contribution in [3.05, 3.63) is 29.8 Å². The SMILES string of the molecule is CCC(=O)c1ccc(N2CCC3(CCCCC3)CC2)cc1. The summed E-state index contributed by atoms with van der Waals surface area (Å²) in [5.74, 6) is 0.237. The van der Waals surface area contributed by atoms with Crippen LogP contribution in [-0.4, -0.2) is 18.9 Å². The largest absolute Gasteiger partial charge is 0.371 e. The molecule has 1 saturated heterocycles. The quantitative estimate of drug-likeness (QED) is 0.741. The highest BCUT2D eigenvalue weighted by Crippen LogP contribution is 2.45. The van der Waals surface area contributed by atoms with E-state index < -0.39 is 0 Å². The molecule has 1 aromatic rings. The second-order valence-electron chi connectivity index (χ2n) is 6.87. The van der Waals surface area contributed by atoms with Crippen LogP contribution in [0.5, 0.6) is 0 Å². The van der Waals surface area contributed by atoms with E-state index in [0.717, 1.165) is 5.56 Å². The molecule has 21 heavy (non-hydrogen) atoms. The van der Waals surface area contributed by atoms with Gasteiger partial charge in [-0.05, 0) is 55.4 Å². The average Bonchev–Trinajstić information content (AvgIpc) is 2.56. The van der Waals surface area contributed by atoms with Crippen LogP contribution >= 0.6 is 0 Å². The molecule has 1 aromatic carbocycles. The molecule has 0 aromatic heterocycles. The van der Waals surface area contributed by atoms with Gasteiger partial charge in [0.2, 0.25) is 0 Å². The van der Waals surface area contributed by atoms with Gasteiger partial charge in [-0.3, -0.25) is 4.79 Å². The molecule has 1 aliphatic carbocycles. The van der Waals surface area contributed by atoms with Crippen LogP contribution in [0.25, 0.3) is 0 Å². The summed E-state index contributed by atoms with van der Waals surface area (Å²) in [4.78, 5) is 14.2. The van der Waals surface area contributed by atoms with E-state index in [1.807, 2.05) is 19.1 Å². The summed E-state index contributed by atoms with van der Waals surface area (Å²) in [6.45, 7) is 4.28. The highest BCUT2D eigenvalue weighted by molar-refractivity contribution is 5.96. The Morgan fingerprint density at radius 3 is 2.19 bits per heavy atom. The van der Waals surface area contributed by atoms with E-state index in [0.29, 0.717) is 11.8 Å². The van der Waals surface area contributed by atoms with E-state index in [2.05, 4.69) is 17.0 Å². The summed E-state index contributed by atoms with van der Waals surface area (Å²) >= 11 is 0. The molecule has 0 amide bonds. The second-order valence-corrected chi connectivity index (χ2v) is 6.87. The fourth-order valence-electron chi connectivity index (χ4n) is 4.10. The molecular formula is C19H27NO. The number of ketones is 1. The van der Waals surface area contributed by atoms with Gasteiger partial charge in [0, 0.05) is 30.8 Å². The lowest BCUT2D eigenvalue weighted by Crippen LogP contribution is -2.41. The number of carbonyl (C=O) groups excluding carboxylic acids is 1. The highest BCUT2D eigenvalue weighted by atomic mass is 16.1. The Labute approximate surface area is 128 Å². The normalized spacial score (nSPS) is 21.5. The Bertz CT molecular complexity index is 475. The second kappa shape index (κ2) is 6.21. The fourth-order valence-corrected chi connectivity index (χ4v) is 4.10. The molecule has 114 valence electrons. The molecule has 0 atom stereocenters. The van der Waals surface area contributed by atoms with Gasteiger partial charge in [0.15, 0.2) is 5.78 Å². The Morgan fingerprint density at radius 2 is 1.62 bits per heavy atom. The summed E-state index contributed by atoms with van der Waals surface area (Å²) in [7, 11) is 0. The summed E-state index contributed by atoms with van der Waals surface area (Å²) in [6, 6.07) is 8.24. The lowest BCUT2D eigenvalue weighted by molar-refractivity contribution is 0.0988. The Hall–Kier alpha value is -1.31. The zero-order chi connectivity index (χ0) is 14.7. The Morgan fingerprint density at radius 1 is 1.00 bits per heavy atom. The van der Waals surface area contributed by atoms with E-state index in [-0.39, 0.29) is 5.78 Å². The monoisotopic (exact) mass is 285 g/mol. The molecule has 1 heterocycles. The maximum absolute atomic E-state index is 11.7. The smallest absolute Gasteiger partial charge is 0.162 e. The fraction of sp³-hybridized carbons (Fsp3) is 0.632. The average molecular weight is 285 g/mol. The van der Waals surface area contributed by atoms with Crippen molar-refractivity contribution in [3.63, 3.8) is 0 Å². The topological polar surface area (TPSA) is 20.3 Å². The number of hydrogen-bond acceptors (Lipinski definition) is 2. The van der Waals surface area contributed by atoms with Gasteiger partial charge in [0.25, 0.3) is 0 Å². The van der Waals surface area contributed by atoms with Crippen molar-refractivity contribution < 1.29 is 4.79 Å². The molecule has 2 fully saturated rings. The number of Topliss-reactive ketones (excluding diaryl/α,β-unsaturated/α-hetero) is 1. The number of benzene rings is 1. The highest BCUT2D eigenvalue weighted by Gasteiger charge is 2.35. The molecule has 2 nitrogen and oxygen atoms in total. The zero-order valence-electron chi connectivity index (χ0n) is 13.2. The number of piperidine rings is 1. The number of hydrogen-bond donors (Lipinski definition) is 0. The summed E-state index contributed by atoms with van der Waals surface area (Å²) < 4.78 is 0. The van der Waals surface area contributed by atoms with Crippen LogP contribution in [0.2, 0.25) is 0 Å². The van der Waals surface area contributed by atoms with Crippen LogP contribution in [-0.2, 0) is 0 Å². The molecule has 0 bridgehead atoms. The van der Waals surface area contributed by atoms with Gasteiger partial charge in [0.05, 0.1) is 0 Å². The standard InChI is InChI=1S/C19H27NO/c1-2-18(21)16-6-8-17(9-7-16)20-14-12-19(13-15-20)10-4-3-5-11-19/h6-9H,2-5,10-15H2,1H3. The maximum atomic E-state index is 11.7. The van der Waals surface area contributed by atoms with Crippen molar-refractivity contribution in [1.82, 2.24) is 0 Å². The van der Waals surface area contributed by atoms with Crippen LogP contribution in [0.1, 0.15) is 68.6 Å². The van der Waals surface area contributed by atoms with Crippen molar-refractivity contribution in [2.24, 2.45) is 5.41 Å². The third-order valence-corrected chi connectivity index (χ3v) is 5.61. The zero-order valence-corrected chi connectivity index (χ0v) is 13.2. The molecular weight excluding hydrogens is 258 g/mol. The van der Waals surface area contributed by atoms with Gasteiger partial charge in [-0.1, -0.05) is 26.2 Å². The minimum absolute atomic E-state index is 0.237. The van der Waals surface area contributed by atoms with Crippen LogP contribution in [0, 0.1) is 5.41 Å². The lowest BCUT2D eigenvalue weighted by Gasteiger charge is -2.45. The molecule has 1 spiro atoms. The van der Waals surface area contributed by atoms with Gasteiger partial charge in [-0.2, -0.15) is 0 Å². The van der Waals surface area contributed by atoms with Crippen LogP contribution in [0.4, 0.5) is 5.69 Å². The van der Waals surface area contributed by atoms with Crippen molar-refractivity contribution in [2.75, 3.05) is 18.0 Å². The molecule has 2 aliphatic rings. The molecule has 3 rings (SSSR count). The Kier molecular flexibility index (Phi) is 4.32. The predicted octanol–water partition coefficient (Wildman–Crippen LogP) is 4.83. The van der Waals surface area contributed by atoms with Crippen molar-refractivity contribution in [1.29, 1.82) is 0 Å². The summed E-state index contributed by atoms with van der Waals surface area (Å²) in [5, 5.41) is 0. The van der Waals surface area contributed by atoms with E-state index in [9.17, 15) is 4.79 Å². The molecule has 1 saturated carbocycles. The Balaban J connectivity index is 1.62.